The number of hydrogen-bond donors (Lipinski definition) is 1. The summed E-state index contributed by atoms with van der Waals surface area (Å²) in [6, 6.07) is 5.37. The van der Waals surface area contributed by atoms with E-state index >= 15 is 0 Å². The van der Waals surface area contributed by atoms with Crippen molar-refractivity contribution in [2.75, 3.05) is 13.6 Å². The molecular formula is C9H11BO5P+. The minimum Gasteiger partial charge on any atom is -0.493 e. The zero-order valence-electron chi connectivity index (χ0n) is 8.75. The maximum absolute atomic E-state index is 9.85. The molecule has 84 valence electrons. The highest BCUT2D eigenvalue weighted by Gasteiger charge is 2.50. The van der Waals surface area contributed by atoms with E-state index in [1.54, 1.807) is 6.07 Å². The van der Waals surface area contributed by atoms with Gasteiger partial charge in [0.25, 0.3) is 0 Å². The molecule has 1 aliphatic heterocycles. The zero-order chi connectivity index (χ0) is 11.6. The number of hydrogen-bond acceptors (Lipinski definition) is 5. The fourth-order valence-electron chi connectivity index (χ4n) is 1.39. The van der Waals surface area contributed by atoms with Gasteiger partial charge in [-0.15, -0.1) is 4.52 Å². The maximum Gasteiger partial charge on any atom is 0.618 e. The molecule has 0 amide bonds. The molecule has 1 aromatic rings. The lowest BCUT2D eigenvalue weighted by Crippen LogP contribution is -2.16. The molecule has 0 fully saturated rings. The van der Waals surface area contributed by atoms with Gasteiger partial charge in [0.05, 0.1) is 13.6 Å². The van der Waals surface area contributed by atoms with E-state index in [1.807, 2.05) is 12.1 Å². The molecule has 0 aliphatic carbocycles. The predicted octanol–water partition coefficient (Wildman–Crippen LogP) is 1.42. The van der Waals surface area contributed by atoms with Gasteiger partial charge >= 0.3 is 8.17 Å². The third-order valence-corrected chi connectivity index (χ3v) is 3.45. The first-order valence-electron chi connectivity index (χ1n) is 4.65. The van der Waals surface area contributed by atoms with Crippen molar-refractivity contribution in [3.63, 3.8) is 0 Å². The van der Waals surface area contributed by atoms with Crippen LogP contribution in [0.25, 0.3) is 0 Å². The van der Waals surface area contributed by atoms with E-state index in [0.29, 0.717) is 11.5 Å². The summed E-state index contributed by atoms with van der Waals surface area (Å²) >= 11 is 0. The van der Waals surface area contributed by atoms with Crippen LogP contribution in [0.2, 0.25) is 0 Å². The van der Waals surface area contributed by atoms with Crippen LogP contribution in [0.1, 0.15) is 5.56 Å². The van der Waals surface area contributed by atoms with Gasteiger partial charge < -0.3 is 4.74 Å². The average molecular weight is 241 g/mol. The SMILES string of the molecule is [B]CO[P+]1(O)OCc2cccc(OC)c2O1. The van der Waals surface area contributed by atoms with Gasteiger partial charge in [-0.2, -0.15) is 9.42 Å². The van der Waals surface area contributed by atoms with Gasteiger partial charge in [0, 0.05) is 5.56 Å². The Hall–Kier alpha value is -0.805. The summed E-state index contributed by atoms with van der Waals surface area (Å²) in [5.41, 5.74) is 0.796. The van der Waals surface area contributed by atoms with Gasteiger partial charge in [0.1, 0.15) is 14.5 Å². The molecule has 2 rings (SSSR count). The largest absolute Gasteiger partial charge is 0.618 e. The fraction of sp³-hybridized carbons (Fsp3) is 0.333. The van der Waals surface area contributed by atoms with E-state index in [0.717, 1.165) is 5.56 Å². The molecule has 1 atom stereocenters. The van der Waals surface area contributed by atoms with Crippen molar-refractivity contribution in [1.29, 1.82) is 0 Å². The standard InChI is InChI=1S/C9H11BO5P/c1-12-8-4-2-3-7-5-13-16(11,14-6-10)15-9(7)8/h2-4,11H,5-6H2,1H3/q+1. The molecule has 0 saturated carbocycles. The molecule has 1 aliphatic rings. The van der Waals surface area contributed by atoms with E-state index in [4.69, 9.17) is 26.2 Å². The van der Waals surface area contributed by atoms with Gasteiger partial charge in [-0.1, -0.05) is 12.1 Å². The highest BCUT2D eigenvalue weighted by atomic mass is 31.2. The van der Waals surface area contributed by atoms with E-state index < -0.39 is 8.17 Å². The van der Waals surface area contributed by atoms with Crippen LogP contribution in [-0.4, -0.2) is 26.4 Å². The molecular weight excluding hydrogens is 230 g/mol. The van der Waals surface area contributed by atoms with Crippen LogP contribution >= 0.6 is 8.17 Å². The number of ether oxygens (including phenoxy) is 1. The van der Waals surface area contributed by atoms with Crippen LogP contribution in [0.5, 0.6) is 11.5 Å². The highest BCUT2D eigenvalue weighted by Crippen LogP contribution is 2.62. The van der Waals surface area contributed by atoms with Gasteiger partial charge in [0.15, 0.2) is 5.75 Å². The minimum atomic E-state index is -3.34. The molecule has 0 spiro atoms. The fourth-order valence-corrected chi connectivity index (χ4v) is 2.50. The predicted molar refractivity (Wildman–Crippen MR) is 59.3 cm³/mol. The molecule has 0 saturated heterocycles. The highest BCUT2D eigenvalue weighted by molar-refractivity contribution is 7.55. The number of rotatable bonds is 3. The molecule has 0 bridgehead atoms. The maximum atomic E-state index is 9.85. The number of fused-ring (bicyclic) bond motifs is 1. The average Bonchev–Trinajstić information content (AvgIpc) is 2.28. The van der Waals surface area contributed by atoms with Crippen molar-refractivity contribution in [2.24, 2.45) is 0 Å². The molecule has 7 heteroatoms. The van der Waals surface area contributed by atoms with Crippen molar-refractivity contribution in [3.05, 3.63) is 23.8 Å². The monoisotopic (exact) mass is 241 g/mol. The van der Waals surface area contributed by atoms with E-state index in [-0.39, 0.29) is 13.1 Å². The van der Waals surface area contributed by atoms with Gasteiger partial charge in [-0.05, 0) is 6.07 Å². The first-order chi connectivity index (χ1) is 7.68. The van der Waals surface area contributed by atoms with Gasteiger partial charge in [-0.25, -0.2) is 0 Å². The third kappa shape index (κ3) is 2.15. The summed E-state index contributed by atoms with van der Waals surface area (Å²) in [5.74, 6) is 0.973. The minimum absolute atomic E-state index is 0.172. The second kappa shape index (κ2) is 4.59. The summed E-state index contributed by atoms with van der Waals surface area (Å²) in [6.45, 7) is 0.0333. The Kier molecular flexibility index (Phi) is 3.35. The molecule has 1 aromatic carbocycles. The molecule has 1 N–H and O–H groups in total. The molecule has 5 nitrogen and oxygen atoms in total. The Morgan fingerprint density at radius 1 is 1.56 bits per heavy atom. The third-order valence-electron chi connectivity index (χ3n) is 2.11. The van der Waals surface area contributed by atoms with E-state index in [1.165, 1.54) is 7.11 Å². The Morgan fingerprint density at radius 2 is 2.38 bits per heavy atom. The molecule has 1 unspecified atom stereocenters. The number of benzene rings is 1. The van der Waals surface area contributed by atoms with Crippen LogP contribution in [0.3, 0.4) is 0 Å². The summed E-state index contributed by atoms with van der Waals surface area (Å²) in [4.78, 5) is 9.85. The van der Waals surface area contributed by atoms with Crippen molar-refractivity contribution in [1.82, 2.24) is 0 Å². The lowest BCUT2D eigenvalue weighted by molar-refractivity contribution is 0.114. The van der Waals surface area contributed by atoms with E-state index in [2.05, 4.69) is 0 Å². The Balaban J connectivity index is 2.31. The first-order valence-corrected chi connectivity index (χ1v) is 6.14. The van der Waals surface area contributed by atoms with Gasteiger partial charge in [0.2, 0.25) is 5.75 Å². The summed E-state index contributed by atoms with van der Waals surface area (Å²) in [6.07, 6.45) is 0. The second-order valence-corrected chi connectivity index (χ2v) is 4.71. The van der Waals surface area contributed by atoms with Crippen molar-refractivity contribution >= 4 is 16.0 Å². The quantitative estimate of drug-likeness (QED) is 0.640. The van der Waals surface area contributed by atoms with Crippen molar-refractivity contribution < 1.29 is 23.2 Å². The van der Waals surface area contributed by atoms with Crippen molar-refractivity contribution in [2.45, 2.75) is 6.61 Å². The molecule has 2 radical (unpaired) electrons. The first kappa shape index (κ1) is 11.7. The van der Waals surface area contributed by atoms with Crippen LogP contribution in [0, 0.1) is 0 Å². The topological polar surface area (TPSA) is 57.2 Å². The lowest BCUT2D eigenvalue weighted by Gasteiger charge is -2.22. The summed E-state index contributed by atoms with van der Waals surface area (Å²) in [5, 5.41) is 0. The van der Waals surface area contributed by atoms with Crippen molar-refractivity contribution in [3.8, 4) is 11.5 Å². The Bertz CT molecular complexity index is 374. The summed E-state index contributed by atoms with van der Waals surface area (Å²) < 4.78 is 20.4. The normalized spacial score (nSPS) is 23.4. The smallest absolute Gasteiger partial charge is 0.493 e. The molecule has 0 aromatic heterocycles. The summed E-state index contributed by atoms with van der Waals surface area (Å²) in [7, 11) is 3.37. The number of para-hydroxylation sites is 1. The Morgan fingerprint density at radius 3 is 3.06 bits per heavy atom. The van der Waals surface area contributed by atoms with Gasteiger partial charge in [-0.3, -0.25) is 4.52 Å². The van der Waals surface area contributed by atoms with Crippen LogP contribution < -0.4 is 9.26 Å². The Labute approximate surface area is 95.4 Å². The van der Waals surface area contributed by atoms with Crippen LogP contribution in [0.4, 0.5) is 0 Å². The zero-order valence-corrected chi connectivity index (χ0v) is 9.65. The van der Waals surface area contributed by atoms with Crippen LogP contribution in [-0.2, 0) is 15.7 Å². The molecule has 16 heavy (non-hydrogen) atoms. The lowest BCUT2D eigenvalue weighted by atomic mass is 10.2. The molecule has 1 heterocycles. The second-order valence-electron chi connectivity index (χ2n) is 3.08. The number of methoxy groups -OCH3 is 1. The van der Waals surface area contributed by atoms with E-state index in [9.17, 15) is 4.89 Å². The van der Waals surface area contributed by atoms with Crippen LogP contribution in [0.15, 0.2) is 18.2 Å².